The van der Waals surface area contributed by atoms with E-state index < -0.39 is 10.6 Å². The highest BCUT2D eigenvalue weighted by Gasteiger charge is 2.13. The molecule has 0 aliphatic heterocycles. The molecule has 4 rings (SSSR count). The van der Waals surface area contributed by atoms with Crippen molar-refractivity contribution in [2.24, 2.45) is 7.05 Å². The van der Waals surface area contributed by atoms with E-state index in [-0.39, 0.29) is 12.6 Å². The lowest BCUT2D eigenvalue weighted by molar-refractivity contribution is 0.281. The first-order valence-corrected chi connectivity index (χ1v) is 10.8. The van der Waals surface area contributed by atoms with E-state index in [1.807, 2.05) is 38.4 Å². The molecule has 2 aromatic carbocycles. The zero-order valence-corrected chi connectivity index (χ0v) is 17.8. The minimum Gasteiger partial charge on any atom is -0.440 e. The first kappa shape index (κ1) is 20.8. The van der Waals surface area contributed by atoms with E-state index in [1.165, 1.54) is 0 Å². The molecule has 2 aromatic heterocycles. The molecule has 31 heavy (non-hydrogen) atoms. The Morgan fingerprint density at radius 1 is 1.23 bits per heavy atom. The van der Waals surface area contributed by atoms with Crippen molar-refractivity contribution in [3.05, 3.63) is 54.9 Å². The van der Waals surface area contributed by atoms with Gasteiger partial charge in [0, 0.05) is 42.1 Å². The number of benzene rings is 2. The molecule has 0 fully saturated rings. The Morgan fingerprint density at radius 2 is 2.00 bits per heavy atom. The topological polar surface area (TPSA) is 129 Å². The number of anilines is 3. The van der Waals surface area contributed by atoms with Gasteiger partial charge in [-0.05, 0) is 36.8 Å². The quantitative estimate of drug-likeness (QED) is 0.325. The van der Waals surface area contributed by atoms with Crippen LogP contribution in [-0.4, -0.2) is 37.5 Å². The average Bonchev–Trinajstić information content (AvgIpc) is 3.13. The number of aliphatic hydroxyl groups is 1. The molecule has 9 nitrogen and oxygen atoms in total. The molecule has 4 aromatic rings. The molecule has 10 heteroatoms. The van der Waals surface area contributed by atoms with Crippen LogP contribution in [0, 0.1) is 4.78 Å². The van der Waals surface area contributed by atoms with E-state index in [4.69, 9.17) is 4.78 Å². The number of fused-ring (bicyclic) bond motifs is 1. The van der Waals surface area contributed by atoms with Crippen molar-refractivity contribution in [2.45, 2.75) is 17.9 Å². The van der Waals surface area contributed by atoms with Crippen LogP contribution < -0.4 is 10.6 Å². The second-order valence-corrected chi connectivity index (χ2v) is 8.19. The third kappa shape index (κ3) is 4.65. The summed E-state index contributed by atoms with van der Waals surface area (Å²) in [6, 6.07) is 12.4. The second kappa shape index (κ2) is 8.70. The molecule has 1 atom stereocenters. The lowest BCUT2D eigenvalue weighted by atomic mass is 10.1. The predicted molar refractivity (Wildman–Crippen MR) is 121 cm³/mol. The maximum absolute atomic E-state index is 11.2. The van der Waals surface area contributed by atoms with Gasteiger partial charge in [-0.1, -0.05) is 23.1 Å². The Bertz CT molecular complexity index is 1290. The Hall–Kier alpha value is -3.50. The van der Waals surface area contributed by atoms with E-state index in [1.54, 1.807) is 35.1 Å². The number of nitrogens with one attached hydrogen (secondary N) is 3. The first-order chi connectivity index (χ1) is 14.9. The number of aliphatic hydroxyl groups excluding tert-OH is 1. The Labute approximate surface area is 181 Å². The molecule has 0 amide bonds. The van der Waals surface area contributed by atoms with Gasteiger partial charge in [0.25, 0.3) is 0 Å². The molecule has 4 N–H and O–H groups in total. The Balaban J connectivity index is 1.69. The van der Waals surface area contributed by atoms with Crippen LogP contribution in [0.25, 0.3) is 22.0 Å². The van der Waals surface area contributed by atoms with Crippen LogP contribution in [0.4, 0.5) is 17.5 Å². The number of hydrogen-bond acceptors (Lipinski definition) is 9. The molecule has 0 bridgehead atoms. The van der Waals surface area contributed by atoms with Crippen LogP contribution in [0.15, 0.2) is 59.8 Å². The van der Waals surface area contributed by atoms with Crippen LogP contribution in [0.1, 0.15) is 6.92 Å². The van der Waals surface area contributed by atoms with Gasteiger partial charge in [0.1, 0.15) is 5.82 Å². The van der Waals surface area contributed by atoms with Crippen molar-refractivity contribution < 1.29 is 9.32 Å². The molecule has 0 spiro atoms. The van der Waals surface area contributed by atoms with Crippen LogP contribution in [0.5, 0.6) is 0 Å². The fraction of sp³-hybridized carbons (Fsp3) is 0.190. The van der Waals surface area contributed by atoms with E-state index in [9.17, 15) is 9.32 Å². The first-order valence-electron chi connectivity index (χ1n) is 9.61. The summed E-state index contributed by atoms with van der Waals surface area (Å²) in [5.74, 6) is 0.963. The smallest absolute Gasteiger partial charge is 0.229 e. The Kier molecular flexibility index (Phi) is 5.83. The van der Waals surface area contributed by atoms with Gasteiger partial charge in [0.05, 0.1) is 12.1 Å². The molecule has 0 aliphatic rings. The van der Waals surface area contributed by atoms with Gasteiger partial charge in [-0.25, -0.2) is 4.98 Å². The van der Waals surface area contributed by atoms with Crippen LogP contribution >= 0.6 is 0 Å². The highest BCUT2D eigenvalue weighted by molar-refractivity contribution is 7.73. The van der Waals surface area contributed by atoms with Crippen molar-refractivity contribution in [3.8, 4) is 11.1 Å². The van der Waals surface area contributed by atoms with Gasteiger partial charge in [-0.2, -0.15) is 20.7 Å². The van der Waals surface area contributed by atoms with E-state index in [2.05, 4.69) is 25.7 Å². The summed E-state index contributed by atoms with van der Waals surface area (Å²) < 4.78 is 20.3. The molecule has 0 saturated heterocycles. The average molecular weight is 437 g/mol. The molecule has 0 radical (unpaired) electrons. The molecule has 0 unspecified atom stereocenters. The summed E-state index contributed by atoms with van der Waals surface area (Å²) in [6.45, 7) is 1.82. The predicted octanol–water partition coefficient (Wildman–Crippen LogP) is 3.65. The van der Waals surface area contributed by atoms with Crippen LogP contribution in [-0.2, 0) is 21.9 Å². The van der Waals surface area contributed by atoms with Crippen molar-refractivity contribution >= 4 is 39.0 Å². The van der Waals surface area contributed by atoms with Crippen molar-refractivity contribution in [3.63, 3.8) is 0 Å². The molecular formula is C21H22N7O2S-. The van der Waals surface area contributed by atoms with Gasteiger partial charge >= 0.3 is 0 Å². The number of nitrogens with zero attached hydrogens (tertiary/aromatic N) is 4. The summed E-state index contributed by atoms with van der Waals surface area (Å²) in [6.07, 6.45) is 3.68. The van der Waals surface area contributed by atoms with E-state index in [0.29, 0.717) is 22.3 Å². The van der Waals surface area contributed by atoms with Crippen molar-refractivity contribution in [1.82, 2.24) is 19.7 Å². The monoisotopic (exact) mass is 436 g/mol. The van der Waals surface area contributed by atoms with Gasteiger partial charge in [0.15, 0.2) is 0 Å². The van der Waals surface area contributed by atoms with Crippen molar-refractivity contribution in [1.29, 1.82) is 4.78 Å². The molecule has 2 heterocycles. The number of aromatic nitrogens is 4. The zero-order valence-electron chi connectivity index (χ0n) is 17.0. The van der Waals surface area contributed by atoms with Gasteiger partial charge in [-0.3, -0.25) is 4.68 Å². The number of aryl methyl sites for hydroxylation is 1. The Morgan fingerprint density at radius 3 is 2.71 bits per heavy atom. The number of rotatable bonds is 7. The minimum atomic E-state index is -1.78. The largest absolute Gasteiger partial charge is 0.440 e. The van der Waals surface area contributed by atoms with Gasteiger partial charge in [-0.15, -0.1) is 0 Å². The standard InChI is InChI=1S/C21H22N7O2S/c1-13(12-29)24-20-18(14-3-8-19-15(9-14)11-28(2)27-19)10-23-21(26-20)25-16-4-6-17(7-5-16)31(22)30/h3-11,13,22,29H,12H2,1-2H3,(H2,23,24,25,26)/q-1/t13-/m1/s1. The summed E-state index contributed by atoms with van der Waals surface area (Å²) in [5, 5.41) is 21.3. The molecule has 0 aliphatic carbocycles. The molecule has 160 valence electrons. The van der Waals surface area contributed by atoms with E-state index >= 15 is 0 Å². The molecule has 0 saturated carbocycles. The zero-order chi connectivity index (χ0) is 22.0. The third-order valence-electron chi connectivity index (χ3n) is 4.70. The van der Waals surface area contributed by atoms with Crippen LogP contribution in [0.3, 0.4) is 0 Å². The maximum Gasteiger partial charge on any atom is 0.229 e. The fourth-order valence-corrected chi connectivity index (χ4v) is 3.53. The highest BCUT2D eigenvalue weighted by Crippen LogP contribution is 2.30. The normalized spacial score (nSPS) is 12.3. The maximum atomic E-state index is 11.2. The van der Waals surface area contributed by atoms with E-state index in [0.717, 1.165) is 22.0 Å². The lowest BCUT2D eigenvalue weighted by Gasteiger charge is -2.17. The SMILES string of the molecule is C[C@H](CO)Nc1nc(Nc2ccc([S-](=N)=O)cc2)ncc1-c1ccc2nn(C)cc2c1. The lowest BCUT2D eigenvalue weighted by Crippen LogP contribution is -2.21. The summed E-state index contributed by atoms with van der Waals surface area (Å²) >= 11 is 0. The molecular weight excluding hydrogens is 414 g/mol. The van der Waals surface area contributed by atoms with Gasteiger partial charge in [0.2, 0.25) is 5.95 Å². The summed E-state index contributed by atoms with van der Waals surface area (Å²) in [5.41, 5.74) is 3.35. The van der Waals surface area contributed by atoms with Crippen LogP contribution in [0.2, 0.25) is 0 Å². The van der Waals surface area contributed by atoms with Crippen molar-refractivity contribution in [2.75, 3.05) is 17.2 Å². The summed E-state index contributed by atoms with van der Waals surface area (Å²) in [7, 11) is 0.105. The second-order valence-electron chi connectivity index (χ2n) is 7.18. The fourth-order valence-electron chi connectivity index (χ4n) is 3.15. The third-order valence-corrected chi connectivity index (χ3v) is 5.40. The summed E-state index contributed by atoms with van der Waals surface area (Å²) in [4.78, 5) is 9.48. The van der Waals surface area contributed by atoms with Gasteiger partial charge < -0.3 is 24.7 Å². The highest BCUT2D eigenvalue weighted by atomic mass is 32.2. The minimum absolute atomic E-state index is 0.0421. The number of hydrogen-bond donors (Lipinski definition) is 4.